The molecule has 0 atom stereocenters. The number of benzene rings is 10. The fraction of sp³-hybridized carbons (Fsp3) is 0.235. The molecule has 0 amide bonds. The fourth-order valence-electron chi connectivity index (χ4n) is 15.6. The Morgan fingerprint density at radius 3 is 1.72 bits per heavy atom. The first-order valence-electron chi connectivity index (χ1n) is 31.1. The van der Waals surface area contributed by atoms with Gasteiger partial charge in [-0.05, 0) is 173 Å². The Morgan fingerprint density at radius 2 is 1.05 bits per heavy atom. The van der Waals surface area contributed by atoms with E-state index in [-0.39, 0.29) is 33.9 Å². The molecule has 2 aliphatic heterocycles. The van der Waals surface area contributed by atoms with Crippen molar-refractivity contribution in [3.05, 3.63) is 234 Å². The number of rotatable bonds is 5. The summed E-state index contributed by atoms with van der Waals surface area (Å²) < 4.78 is 10.1. The minimum absolute atomic E-state index is 0.0282. The molecule has 422 valence electrons. The lowest BCUT2D eigenvalue weighted by molar-refractivity contribution is 0.332. The average Bonchev–Trinajstić information content (AvgIpc) is 1.25. The van der Waals surface area contributed by atoms with Gasteiger partial charge in [-0.2, -0.15) is 0 Å². The van der Waals surface area contributed by atoms with Gasteiger partial charge < -0.3 is 14.1 Å². The summed E-state index contributed by atoms with van der Waals surface area (Å²) in [5.74, 6) is 0.875. The van der Waals surface area contributed by atoms with Gasteiger partial charge in [0.15, 0.2) is 0 Å². The van der Waals surface area contributed by atoms with E-state index >= 15 is 0 Å². The molecule has 86 heavy (non-hydrogen) atoms. The lowest BCUT2D eigenvalue weighted by atomic mass is 9.42. The van der Waals surface area contributed by atoms with Crippen molar-refractivity contribution in [1.29, 1.82) is 0 Å². The van der Waals surface area contributed by atoms with E-state index in [4.69, 9.17) is 4.42 Å². The molecule has 4 heterocycles. The molecule has 0 bridgehead atoms. The predicted octanol–water partition coefficient (Wildman–Crippen LogP) is 21.8. The first-order valence-corrected chi connectivity index (χ1v) is 32.0. The molecule has 0 radical (unpaired) electrons. The second-order valence-electron chi connectivity index (χ2n) is 29.1. The minimum atomic E-state index is -0.378. The maximum absolute atomic E-state index is 7.46. The number of fused-ring (bicyclic) bond motifs is 13. The summed E-state index contributed by atoms with van der Waals surface area (Å²) in [7, 11) is 0. The van der Waals surface area contributed by atoms with Gasteiger partial charge in [0.1, 0.15) is 11.3 Å². The number of furan rings is 1. The first kappa shape index (κ1) is 53.1. The van der Waals surface area contributed by atoms with Crippen molar-refractivity contribution in [3.63, 3.8) is 0 Å². The van der Waals surface area contributed by atoms with Crippen LogP contribution in [-0.2, 0) is 27.1 Å². The lowest BCUT2D eigenvalue weighted by Gasteiger charge is -2.48. The van der Waals surface area contributed by atoms with Crippen LogP contribution in [-0.4, -0.2) is 6.85 Å². The molecule has 0 saturated heterocycles. The molecule has 5 heteroatoms. The van der Waals surface area contributed by atoms with Gasteiger partial charge in [0.05, 0.1) is 5.69 Å². The van der Waals surface area contributed by atoms with Crippen molar-refractivity contribution in [2.75, 3.05) is 9.71 Å². The highest BCUT2D eigenvalue weighted by Crippen LogP contribution is 2.60. The second-order valence-corrected chi connectivity index (χ2v) is 30.2. The molecule has 4 aliphatic rings. The third-order valence-corrected chi connectivity index (χ3v) is 21.5. The van der Waals surface area contributed by atoms with Crippen LogP contribution in [0.3, 0.4) is 0 Å². The van der Waals surface area contributed by atoms with Crippen LogP contribution in [0.5, 0.6) is 0 Å². The highest BCUT2D eigenvalue weighted by atomic mass is 32.1. The summed E-state index contributed by atoms with van der Waals surface area (Å²) in [6.07, 6.45) is 2.36. The number of hydrogen-bond donors (Lipinski definition) is 0. The summed E-state index contributed by atoms with van der Waals surface area (Å²) in [6, 6.07) is 76.9. The molecular formula is C81H73BN2OS. The van der Waals surface area contributed by atoms with Gasteiger partial charge in [0.25, 0.3) is 0 Å². The molecule has 16 rings (SSSR count). The third-order valence-electron chi connectivity index (χ3n) is 20.4. The predicted molar refractivity (Wildman–Crippen MR) is 369 cm³/mol. The minimum Gasteiger partial charge on any atom is -0.455 e. The van der Waals surface area contributed by atoms with E-state index in [1.54, 1.807) is 0 Å². The van der Waals surface area contributed by atoms with E-state index < -0.39 is 0 Å². The molecule has 12 aromatic rings. The van der Waals surface area contributed by atoms with E-state index in [9.17, 15) is 0 Å². The SMILES string of the molecule is CC(C)(C)c1ccc(N2B3c4cc5oc(-c6ccccc6)c(-c6ccccc6)c5cc4N(c4ccc(C(C)(C)C)cc4-c4ccccc4)c4c3c(cc3c4C(C)(C)c4ccccc4-3)-c3cc4c(cc32)sc2cc3c(cc24)C(C)(C)CCC3(C)C)cc1. The summed E-state index contributed by atoms with van der Waals surface area (Å²) in [4.78, 5) is 5.47. The zero-order valence-electron chi connectivity index (χ0n) is 51.8. The van der Waals surface area contributed by atoms with Crippen LogP contribution < -0.4 is 20.6 Å². The quantitative estimate of drug-likeness (QED) is 0.160. The van der Waals surface area contributed by atoms with Crippen LogP contribution in [0.2, 0.25) is 0 Å². The van der Waals surface area contributed by atoms with Gasteiger partial charge in [-0.25, -0.2) is 0 Å². The topological polar surface area (TPSA) is 19.6 Å². The largest absolute Gasteiger partial charge is 0.455 e. The Hall–Kier alpha value is -8.38. The van der Waals surface area contributed by atoms with Crippen LogP contribution >= 0.6 is 11.3 Å². The van der Waals surface area contributed by atoms with Gasteiger partial charge in [0.2, 0.25) is 0 Å². The molecule has 10 aromatic carbocycles. The van der Waals surface area contributed by atoms with Gasteiger partial charge in [0, 0.05) is 76.0 Å². The van der Waals surface area contributed by atoms with E-state index in [2.05, 4.69) is 293 Å². The van der Waals surface area contributed by atoms with Gasteiger partial charge >= 0.3 is 6.85 Å². The Balaban J connectivity index is 1.10. The maximum Gasteiger partial charge on any atom is 0.333 e. The molecule has 0 spiro atoms. The Bertz CT molecular complexity index is 4800. The van der Waals surface area contributed by atoms with Crippen molar-refractivity contribution >= 4 is 88.7 Å². The van der Waals surface area contributed by atoms with Crippen molar-refractivity contribution in [2.24, 2.45) is 0 Å². The molecule has 3 nitrogen and oxygen atoms in total. The number of hydrogen-bond acceptors (Lipinski definition) is 4. The molecular weight excluding hydrogens is 1060 g/mol. The second kappa shape index (κ2) is 18.3. The smallest absolute Gasteiger partial charge is 0.333 e. The molecule has 0 N–H and O–H groups in total. The number of thiophene rings is 1. The highest BCUT2D eigenvalue weighted by molar-refractivity contribution is 7.26. The van der Waals surface area contributed by atoms with Crippen molar-refractivity contribution in [1.82, 2.24) is 0 Å². The highest BCUT2D eigenvalue weighted by Gasteiger charge is 2.51. The Morgan fingerprint density at radius 1 is 0.453 bits per heavy atom. The van der Waals surface area contributed by atoms with E-state index in [1.807, 2.05) is 11.3 Å². The lowest BCUT2D eigenvalue weighted by Crippen LogP contribution is -2.62. The summed E-state index contributed by atoms with van der Waals surface area (Å²) in [6.45, 7) is 28.5. The monoisotopic (exact) mass is 1130 g/mol. The average molecular weight is 1130 g/mol. The van der Waals surface area contributed by atoms with Crippen LogP contribution in [0, 0.1) is 0 Å². The first-order chi connectivity index (χ1) is 41.2. The van der Waals surface area contributed by atoms with E-state index in [0.29, 0.717) is 0 Å². The van der Waals surface area contributed by atoms with Crippen LogP contribution in [0.1, 0.15) is 129 Å². The van der Waals surface area contributed by atoms with Crippen LogP contribution in [0.15, 0.2) is 205 Å². The normalized spacial score (nSPS) is 16.0. The molecule has 0 fully saturated rings. The molecule has 0 saturated carbocycles. The van der Waals surface area contributed by atoms with E-state index in [0.717, 1.165) is 50.5 Å². The molecule has 2 aliphatic carbocycles. The summed E-state index contributed by atoms with van der Waals surface area (Å²) in [5.41, 5.74) is 28.2. The molecule has 0 unspecified atom stereocenters. The van der Waals surface area contributed by atoms with E-state index in [1.165, 1.54) is 122 Å². The number of anilines is 5. The number of nitrogens with zero attached hydrogens (tertiary/aromatic N) is 2. The summed E-state index contributed by atoms with van der Waals surface area (Å²) >= 11 is 1.97. The Kier molecular flexibility index (Phi) is 11.3. The van der Waals surface area contributed by atoms with Gasteiger partial charge in [-0.3, -0.25) is 0 Å². The van der Waals surface area contributed by atoms with Crippen molar-refractivity contribution < 1.29 is 4.42 Å². The van der Waals surface area contributed by atoms with Crippen LogP contribution in [0.25, 0.3) is 87.0 Å². The Labute approximate surface area is 512 Å². The van der Waals surface area contributed by atoms with Crippen molar-refractivity contribution in [2.45, 2.75) is 123 Å². The third kappa shape index (κ3) is 7.78. The van der Waals surface area contributed by atoms with Gasteiger partial charge in [-0.15, -0.1) is 11.3 Å². The fourth-order valence-corrected chi connectivity index (χ4v) is 16.7. The maximum atomic E-state index is 7.46. The zero-order chi connectivity index (χ0) is 59.1. The zero-order valence-corrected chi connectivity index (χ0v) is 52.6. The standard InChI is InChI=1S/C81H73BN2OS/c1-77(2,3)51-32-35-53(36-33-51)84-67-47-71-57(58-43-63-64(45-70(58)86-71)80(9,10)39-38-79(63,7)8)41-56(67)60-42-59-54-30-22-23-31-62(54)81(11,12)73(59)75-74(60)82(84)65-46-69-61(72(49-26-18-14-19-27-49)76(85-69)50-28-20-15-21-29-50)44-68(65)83(75)66-37-34-52(78(4,5)6)40-55(66)48-24-16-13-17-25-48/h13-37,40-47H,38-39H2,1-12H3. The van der Waals surface area contributed by atoms with Gasteiger partial charge in [-0.1, -0.05) is 217 Å². The molecule has 2 aromatic heterocycles. The van der Waals surface area contributed by atoms with Crippen molar-refractivity contribution in [3.8, 4) is 55.8 Å². The van der Waals surface area contributed by atoms with Crippen LogP contribution in [0.4, 0.5) is 28.4 Å². The summed E-state index contributed by atoms with van der Waals surface area (Å²) in [5, 5.41) is 3.78.